The zero-order valence-electron chi connectivity index (χ0n) is 20.9. The van der Waals surface area contributed by atoms with Gasteiger partial charge >= 0.3 is 6.03 Å². The minimum Gasteiger partial charge on any atom is -0.505 e. The van der Waals surface area contributed by atoms with Crippen LogP contribution >= 0.6 is 0 Å². The Hall–Kier alpha value is -3.42. The van der Waals surface area contributed by atoms with Gasteiger partial charge in [0.05, 0.1) is 6.54 Å². The number of carbonyl (C=O) groups excluding carboxylic acids is 2. The second-order valence-electron chi connectivity index (χ2n) is 11.5. The van der Waals surface area contributed by atoms with Crippen molar-refractivity contribution in [3.63, 3.8) is 0 Å². The number of aromatic hydroxyl groups is 1. The van der Waals surface area contributed by atoms with Crippen LogP contribution in [-0.2, 0) is 16.8 Å². The molecule has 2 heterocycles. The largest absolute Gasteiger partial charge is 0.505 e. The van der Waals surface area contributed by atoms with Gasteiger partial charge < -0.3 is 10.0 Å². The molecule has 0 aliphatic carbocycles. The van der Waals surface area contributed by atoms with Gasteiger partial charge in [0.25, 0.3) is 5.91 Å². The third-order valence-corrected chi connectivity index (χ3v) is 6.45. The normalized spacial score (nSPS) is 16.4. The Morgan fingerprint density at radius 3 is 2.09 bits per heavy atom. The topological polar surface area (TPSA) is 100 Å². The van der Waals surface area contributed by atoms with Crippen molar-refractivity contribution in [2.45, 2.75) is 72.4 Å². The van der Waals surface area contributed by atoms with E-state index in [1.54, 1.807) is 13.8 Å². The number of carbonyl (C=O) groups is 2. The maximum atomic E-state index is 12.5. The van der Waals surface area contributed by atoms with E-state index in [2.05, 4.69) is 50.1 Å². The van der Waals surface area contributed by atoms with Gasteiger partial charge in [-0.3, -0.25) is 10.1 Å². The van der Waals surface area contributed by atoms with Crippen LogP contribution < -0.4 is 5.32 Å². The zero-order chi connectivity index (χ0) is 25.1. The molecule has 0 unspecified atom stereocenters. The molecule has 3 amide bonds. The van der Waals surface area contributed by atoms with Gasteiger partial charge in [-0.05, 0) is 60.9 Å². The summed E-state index contributed by atoms with van der Waals surface area (Å²) in [5.74, 6) is -0.375. The van der Waals surface area contributed by atoms with Crippen LogP contribution in [0.4, 0.5) is 4.79 Å². The number of imide groups is 1. The van der Waals surface area contributed by atoms with Crippen LogP contribution in [-0.4, -0.2) is 42.5 Å². The fourth-order valence-corrected chi connectivity index (χ4v) is 4.87. The molecule has 1 aromatic heterocycles. The van der Waals surface area contributed by atoms with Gasteiger partial charge in [-0.2, -0.15) is 0 Å². The number of nitrogens with zero attached hydrogens (tertiary/aromatic N) is 4. The van der Waals surface area contributed by atoms with Crippen molar-refractivity contribution >= 4 is 23.0 Å². The third kappa shape index (κ3) is 4.24. The van der Waals surface area contributed by atoms with E-state index in [4.69, 9.17) is 0 Å². The number of urea groups is 1. The highest BCUT2D eigenvalue weighted by Crippen LogP contribution is 2.40. The van der Waals surface area contributed by atoms with Crippen LogP contribution in [0.5, 0.6) is 5.75 Å². The Morgan fingerprint density at radius 2 is 1.59 bits per heavy atom. The van der Waals surface area contributed by atoms with Crippen molar-refractivity contribution in [3.05, 3.63) is 47.5 Å². The first-order valence-electron chi connectivity index (χ1n) is 11.5. The van der Waals surface area contributed by atoms with Crippen LogP contribution in [0.3, 0.4) is 0 Å². The molecule has 1 aliphatic rings. The SMILES string of the molecule is CC(C)(C)CC(C)(C)c1cc(CN2C(=O)NC(=O)C2(C)C)c(O)c(-n2nc3ccccc3n2)c1. The van der Waals surface area contributed by atoms with Crippen molar-refractivity contribution in [2.24, 2.45) is 5.41 Å². The molecule has 1 fully saturated rings. The monoisotopic (exact) mass is 463 g/mol. The van der Waals surface area contributed by atoms with Gasteiger partial charge in [-0.1, -0.05) is 46.8 Å². The highest BCUT2D eigenvalue weighted by atomic mass is 16.3. The lowest BCUT2D eigenvalue weighted by molar-refractivity contribution is -0.125. The average molecular weight is 464 g/mol. The lowest BCUT2D eigenvalue weighted by atomic mass is 9.72. The molecule has 180 valence electrons. The minimum atomic E-state index is -1.03. The molecule has 34 heavy (non-hydrogen) atoms. The molecule has 4 rings (SSSR count). The Bertz CT molecular complexity index is 1250. The van der Waals surface area contributed by atoms with E-state index in [0.717, 1.165) is 12.0 Å². The van der Waals surface area contributed by atoms with Crippen LogP contribution in [0.1, 0.15) is 66.0 Å². The molecule has 3 aromatic rings. The summed E-state index contributed by atoms with van der Waals surface area (Å²) < 4.78 is 0. The highest BCUT2D eigenvalue weighted by molar-refractivity contribution is 6.06. The first kappa shape index (κ1) is 23.7. The average Bonchev–Trinajstić information content (AvgIpc) is 3.21. The summed E-state index contributed by atoms with van der Waals surface area (Å²) in [6.45, 7) is 14.4. The van der Waals surface area contributed by atoms with Gasteiger partial charge in [0.15, 0.2) is 0 Å². The van der Waals surface area contributed by atoms with Gasteiger partial charge in [-0.25, -0.2) is 4.79 Å². The van der Waals surface area contributed by atoms with Crippen molar-refractivity contribution in [2.75, 3.05) is 0 Å². The number of amides is 3. The second-order valence-corrected chi connectivity index (χ2v) is 11.5. The van der Waals surface area contributed by atoms with E-state index < -0.39 is 11.6 Å². The maximum absolute atomic E-state index is 12.5. The highest BCUT2D eigenvalue weighted by Gasteiger charge is 2.45. The van der Waals surface area contributed by atoms with Gasteiger partial charge in [0, 0.05) is 5.56 Å². The zero-order valence-corrected chi connectivity index (χ0v) is 20.9. The summed E-state index contributed by atoms with van der Waals surface area (Å²) in [5, 5.41) is 22.8. The Labute approximate surface area is 199 Å². The number of hydrogen-bond donors (Lipinski definition) is 2. The molecule has 1 saturated heterocycles. The third-order valence-electron chi connectivity index (χ3n) is 6.45. The van der Waals surface area contributed by atoms with Crippen LogP contribution in [0.15, 0.2) is 36.4 Å². The minimum absolute atomic E-state index is 0.0152. The standard InChI is InChI=1S/C26H33N5O3/c1-24(2,3)15-25(4,5)17-12-16(14-30-23(34)27-22(33)26(30,6)7)21(32)20(13-17)31-28-18-10-8-9-11-19(18)29-31/h8-13,32H,14-15H2,1-7H3,(H,27,33,34). The Balaban J connectivity index is 1.87. The molecule has 0 saturated carbocycles. The lowest BCUT2D eigenvalue weighted by Crippen LogP contribution is -2.43. The maximum Gasteiger partial charge on any atom is 0.325 e. The van der Waals surface area contributed by atoms with Gasteiger partial charge in [-0.15, -0.1) is 15.0 Å². The van der Waals surface area contributed by atoms with E-state index in [-0.39, 0.29) is 29.0 Å². The molecule has 0 spiro atoms. The van der Waals surface area contributed by atoms with Gasteiger partial charge in [0.1, 0.15) is 28.0 Å². The first-order valence-corrected chi connectivity index (χ1v) is 11.5. The van der Waals surface area contributed by atoms with E-state index in [9.17, 15) is 14.7 Å². The molecule has 8 nitrogen and oxygen atoms in total. The molecule has 0 bridgehead atoms. The van der Waals surface area contributed by atoms with Crippen molar-refractivity contribution in [1.82, 2.24) is 25.2 Å². The van der Waals surface area contributed by atoms with E-state index >= 15 is 0 Å². The number of phenols is 1. The van der Waals surface area contributed by atoms with Crippen LogP contribution in [0, 0.1) is 5.41 Å². The number of hydrogen-bond acceptors (Lipinski definition) is 5. The van der Waals surface area contributed by atoms with Crippen LogP contribution in [0.2, 0.25) is 0 Å². The summed E-state index contributed by atoms with van der Waals surface area (Å²) in [6.07, 6.45) is 0.895. The molecule has 2 aromatic carbocycles. The smallest absolute Gasteiger partial charge is 0.325 e. The molecule has 0 radical (unpaired) electrons. The summed E-state index contributed by atoms with van der Waals surface area (Å²) in [6, 6.07) is 10.9. The number of benzene rings is 2. The van der Waals surface area contributed by atoms with E-state index in [1.807, 2.05) is 36.4 Å². The molecule has 8 heteroatoms. The predicted octanol–water partition coefficient (Wildman–Crippen LogP) is 4.67. The van der Waals surface area contributed by atoms with E-state index in [1.165, 1.54) is 9.70 Å². The quantitative estimate of drug-likeness (QED) is 0.536. The number of fused-ring (bicyclic) bond motifs is 1. The lowest BCUT2D eigenvalue weighted by Gasteiger charge is -2.34. The Morgan fingerprint density at radius 1 is 1.00 bits per heavy atom. The summed E-state index contributed by atoms with van der Waals surface area (Å²) in [4.78, 5) is 27.7. The molecular formula is C26H33N5O3. The number of nitrogens with one attached hydrogen (secondary N) is 1. The van der Waals surface area contributed by atoms with Gasteiger partial charge in [0.2, 0.25) is 0 Å². The molecule has 2 N–H and O–H groups in total. The second kappa shape index (κ2) is 7.82. The van der Waals surface area contributed by atoms with Crippen molar-refractivity contribution < 1.29 is 14.7 Å². The fraction of sp³-hybridized carbons (Fsp3) is 0.462. The fourth-order valence-electron chi connectivity index (χ4n) is 4.87. The molecular weight excluding hydrogens is 430 g/mol. The molecule has 1 aliphatic heterocycles. The first-order chi connectivity index (χ1) is 15.7. The number of aromatic nitrogens is 3. The van der Waals surface area contributed by atoms with Crippen molar-refractivity contribution in [1.29, 1.82) is 0 Å². The number of phenolic OH excluding ortho intramolecular Hbond substituents is 1. The summed E-state index contributed by atoms with van der Waals surface area (Å²) in [5.41, 5.74) is 2.21. The van der Waals surface area contributed by atoms with Crippen molar-refractivity contribution in [3.8, 4) is 11.4 Å². The van der Waals surface area contributed by atoms with Crippen LogP contribution in [0.25, 0.3) is 16.7 Å². The predicted molar refractivity (Wildman–Crippen MR) is 131 cm³/mol. The summed E-state index contributed by atoms with van der Waals surface area (Å²) >= 11 is 0. The van der Waals surface area contributed by atoms with E-state index in [0.29, 0.717) is 22.3 Å². The number of rotatable bonds is 5. The molecule has 0 atom stereocenters. The summed E-state index contributed by atoms with van der Waals surface area (Å²) in [7, 11) is 0. The Kier molecular flexibility index (Phi) is 5.46.